The van der Waals surface area contributed by atoms with Crippen LogP contribution in [0, 0.1) is 0 Å². The Labute approximate surface area is 191 Å². The molecule has 2 aliphatic rings. The molecular weight excluding hydrogens is 408 g/mol. The second-order valence-electron chi connectivity index (χ2n) is 8.60. The summed E-state index contributed by atoms with van der Waals surface area (Å²) in [5.74, 6) is 0.273. The monoisotopic (exact) mass is 440 g/mol. The number of halogens is 1. The van der Waals surface area contributed by atoms with E-state index < -0.39 is 0 Å². The highest BCUT2D eigenvalue weighted by atomic mass is 35.5. The normalized spacial score (nSPS) is 18.9. The van der Waals surface area contributed by atoms with Gasteiger partial charge in [-0.1, -0.05) is 60.1 Å². The minimum Gasteiger partial charge on any atom is -0.339 e. The van der Waals surface area contributed by atoms with Gasteiger partial charge >= 0.3 is 0 Å². The van der Waals surface area contributed by atoms with E-state index in [1.165, 1.54) is 5.56 Å². The second kappa shape index (κ2) is 11.1. The molecule has 166 valence electrons. The summed E-state index contributed by atoms with van der Waals surface area (Å²) in [7, 11) is 0. The molecular formula is C25H33ClN4O. The van der Waals surface area contributed by atoms with Crippen LogP contribution in [0.3, 0.4) is 0 Å². The van der Waals surface area contributed by atoms with E-state index in [9.17, 15) is 4.79 Å². The lowest BCUT2D eigenvalue weighted by Gasteiger charge is -2.38. The average molecular weight is 441 g/mol. The zero-order valence-corrected chi connectivity index (χ0v) is 19.0. The molecule has 0 aliphatic carbocycles. The Morgan fingerprint density at radius 2 is 1.35 bits per heavy atom. The molecule has 0 spiro atoms. The van der Waals surface area contributed by atoms with E-state index >= 15 is 0 Å². The molecule has 2 aliphatic heterocycles. The number of benzene rings is 2. The number of piperazine rings is 2. The van der Waals surface area contributed by atoms with Crippen LogP contribution in [0.1, 0.15) is 11.1 Å². The molecule has 2 heterocycles. The Morgan fingerprint density at radius 3 is 2.06 bits per heavy atom. The quantitative estimate of drug-likeness (QED) is 0.662. The average Bonchev–Trinajstić information content (AvgIpc) is 2.81. The molecule has 0 bridgehead atoms. The van der Waals surface area contributed by atoms with Crippen LogP contribution in [-0.2, 0) is 17.8 Å². The lowest BCUT2D eigenvalue weighted by molar-refractivity contribution is -0.134. The molecule has 0 aromatic heterocycles. The Bertz CT molecular complexity index is 830. The number of hydrogen-bond acceptors (Lipinski definition) is 4. The molecule has 0 saturated carbocycles. The maximum Gasteiger partial charge on any atom is 0.236 e. The van der Waals surface area contributed by atoms with Gasteiger partial charge in [0.25, 0.3) is 0 Å². The second-order valence-corrected chi connectivity index (χ2v) is 9.01. The van der Waals surface area contributed by atoms with Crippen LogP contribution in [0.5, 0.6) is 0 Å². The third kappa shape index (κ3) is 6.53. The van der Waals surface area contributed by atoms with Crippen molar-refractivity contribution in [2.24, 2.45) is 0 Å². The summed E-state index contributed by atoms with van der Waals surface area (Å²) in [6, 6.07) is 18.7. The van der Waals surface area contributed by atoms with Gasteiger partial charge in [-0.25, -0.2) is 0 Å². The molecule has 2 aromatic carbocycles. The van der Waals surface area contributed by atoms with Gasteiger partial charge in [-0.2, -0.15) is 0 Å². The Balaban J connectivity index is 1.14. The summed E-state index contributed by atoms with van der Waals surface area (Å²) in [6.07, 6.45) is 1.10. The van der Waals surface area contributed by atoms with Gasteiger partial charge in [0.05, 0.1) is 6.54 Å². The van der Waals surface area contributed by atoms with E-state index in [1.54, 1.807) is 0 Å². The fourth-order valence-corrected chi connectivity index (χ4v) is 4.61. The van der Waals surface area contributed by atoms with E-state index in [1.807, 2.05) is 23.1 Å². The van der Waals surface area contributed by atoms with Crippen molar-refractivity contribution in [3.63, 3.8) is 0 Å². The van der Waals surface area contributed by atoms with E-state index in [-0.39, 0.29) is 5.91 Å². The fourth-order valence-electron chi connectivity index (χ4n) is 4.42. The summed E-state index contributed by atoms with van der Waals surface area (Å²) in [5.41, 5.74) is 2.56. The van der Waals surface area contributed by atoms with Gasteiger partial charge in [-0.3, -0.25) is 14.6 Å². The van der Waals surface area contributed by atoms with Crippen LogP contribution in [0.25, 0.3) is 0 Å². The van der Waals surface area contributed by atoms with E-state index in [0.717, 1.165) is 82.5 Å². The summed E-state index contributed by atoms with van der Waals surface area (Å²) in [6.45, 7) is 9.98. The number of nitrogens with zero attached hydrogens (tertiary/aromatic N) is 4. The number of carbonyl (C=O) groups is 1. The first-order valence-electron chi connectivity index (χ1n) is 11.4. The van der Waals surface area contributed by atoms with E-state index in [4.69, 9.17) is 11.6 Å². The molecule has 2 fully saturated rings. The number of carbonyl (C=O) groups excluding carboxylic acids is 1. The van der Waals surface area contributed by atoms with Gasteiger partial charge in [0.2, 0.25) is 5.91 Å². The van der Waals surface area contributed by atoms with Crippen molar-refractivity contribution in [3.05, 3.63) is 70.7 Å². The van der Waals surface area contributed by atoms with Gasteiger partial charge in [-0.15, -0.1) is 0 Å². The van der Waals surface area contributed by atoms with Crippen LogP contribution in [0.2, 0.25) is 5.02 Å². The van der Waals surface area contributed by atoms with Crippen LogP contribution < -0.4 is 0 Å². The Morgan fingerprint density at radius 1 is 0.742 bits per heavy atom. The minimum absolute atomic E-state index is 0.273. The molecule has 2 aromatic rings. The lowest BCUT2D eigenvalue weighted by Crippen LogP contribution is -2.53. The highest BCUT2D eigenvalue weighted by Crippen LogP contribution is 2.18. The summed E-state index contributed by atoms with van der Waals surface area (Å²) in [4.78, 5) is 22.1. The van der Waals surface area contributed by atoms with Gasteiger partial charge in [0.1, 0.15) is 0 Å². The van der Waals surface area contributed by atoms with Crippen molar-refractivity contribution in [1.29, 1.82) is 0 Å². The SMILES string of the molecule is O=C(CN1CCN(CCc2ccccc2)CC1)N1CCN(Cc2ccccc2Cl)CC1. The molecule has 31 heavy (non-hydrogen) atoms. The minimum atomic E-state index is 0.273. The summed E-state index contributed by atoms with van der Waals surface area (Å²) >= 11 is 6.29. The molecule has 5 nitrogen and oxygen atoms in total. The van der Waals surface area contributed by atoms with Crippen molar-refractivity contribution in [2.75, 3.05) is 65.4 Å². The lowest BCUT2D eigenvalue weighted by atomic mass is 10.1. The van der Waals surface area contributed by atoms with E-state index in [0.29, 0.717) is 6.54 Å². The zero-order valence-electron chi connectivity index (χ0n) is 18.3. The van der Waals surface area contributed by atoms with Crippen molar-refractivity contribution < 1.29 is 4.79 Å². The highest BCUT2D eigenvalue weighted by Gasteiger charge is 2.25. The van der Waals surface area contributed by atoms with Crippen molar-refractivity contribution in [2.45, 2.75) is 13.0 Å². The van der Waals surface area contributed by atoms with Crippen LogP contribution >= 0.6 is 11.6 Å². The third-order valence-electron chi connectivity index (χ3n) is 6.46. The van der Waals surface area contributed by atoms with Gasteiger partial charge in [0.15, 0.2) is 0 Å². The molecule has 0 unspecified atom stereocenters. The number of hydrogen-bond donors (Lipinski definition) is 0. The maximum atomic E-state index is 12.8. The first kappa shape index (κ1) is 22.3. The predicted molar refractivity (Wildman–Crippen MR) is 126 cm³/mol. The van der Waals surface area contributed by atoms with E-state index in [2.05, 4.69) is 51.1 Å². The smallest absolute Gasteiger partial charge is 0.236 e. The molecule has 6 heteroatoms. The molecule has 0 N–H and O–H groups in total. The topological polar surface area (TPSA) is 30.0 Å². The predicted octanol–water partition coefficient (Wildman–Crippen LogP) is 2.84. The largest absolute Gasteiger partial charge is 0.339 e. The number of amides is 1. The summed E-state index contributed by atoms with van der Waals surface area (Å²) in [5, 5.41) is 0.823. The Kier molecular flexibility index (Phi) is 7.97. The van der Waals surface area contributed by atoms with Crippen molar-refractivity contribution in [3.8, 4) is 0 Å². The van der Waals surface area contributed by atoms with Gasteiger partial charge in [0, 0.05) is 70.5 Å². The fraction of sp³-hybridized carbons (Fsp3) is 0.480. The highest BCUT2D eigenvalue weighted by molar-refractivity contribution is 6.31. The van der Waals surface area contributed by atoms with Crippen LogP contribution in [0.15, 0.2) is 54.6 Å². The standard InChI is InChI=1S/C25H33ClN4O/c26-24-9-5-4-8-23(24)20-28-16-18-30(19-17-28)25(31)21-29-14-12-27(13-15-29)11-10-22-6-2-1-3-7-22/h1-9H,10-21H2. The number of rotatable bonds is 7. The van der Waals surface area contributed by atoms with Gasteiger partial charge in [-0.05, 0) is 23.6 Å². The molecule has 0 atom stereocenters. The maximum absolute atomic E-state index is 12.8. The molecule has 4 rings (SSSR count). The van der Waals surface area contributed by atoms with Crippen molar-refractivity contribution >= 4 is 17.5 Å². The Hall–Kier alpha value is -1.92. The van der Waals surface area contributed by atoms with Crippen LogP contribution in [-0.4, -0.2) is 91.0 Å². The first-order chi connectivity index (χ1) is 15.2. The van der Waals surface area contributed by atoms with Gasteiger partial charge < -0.3 is 9.80 Å². The summed E-state index contributed by atoms with van der Waals surface area (Å²) < 4.78 is 0. The zero-order chi connectivity index (χ0) is 21.5. The molecule has 1 amide bonds. The van der Waals surface area contributed by atoms with Crippen LogP contribution in [0.4, 0.5) is 0 Å². The van der Waals surface area contributed by atoms with Crippen molar-refractivity contribution in [1.82, 2.24) is 19.6 Å². The third-order valence-corrected chi connectivity index (χ3v) is 6.83. The first-order valence-corrected chi connectivity index (χ1v) is 11.8. The molecule has 2 saturated heterocycles. The molecule has 0 radical (unpaired) electrons.